The first-order valence-electron chi connectivity index (χ1n) is 8.39. The van der Waals surface area contributed by atoms with Gasteiger partial charge in [-0.2, -0.15) is 0 Å². The van der Waals surface area contributed by atoms with Crippen molar-refractivity contribution in [2.45, 2.75) is 20.4 Å². The number of morpholine rings is 1. The molecule has 2 rings (SSSR count). The molecule has 1 fully saturated rings. The molecule has 25 heavy (non-hydrogen) atoms. The molecule has 0 unspecified atom stereocenters. The van der Waals surface area contributed by atoms with Gasteiger partial charge in [0.05, 0.1) is 32.6 Å². The third kappa shape index (κ3) is 6.59. The van der Waals surface area contributed by atoms with E-state index in [-0.39, 0.29) is 24.0 Å². The summed E-state index contributed by atoms with van der Waals surface area (Å²) in [5.41, 5.74) is 3.08. The highest BCUT2D eigenvalue weighted by atomic mass is 127. The summed E-state index contributed by atoms with van der Waals surface area (Å²) < 4.78 is 10.8. The Kier molecular flexibility index (Phi) is 10.1. The summed E-state index contributed by atoms with van der Waals surface area (Å²) in [5, 5.41) is 6.66. The maximum Gasteiger partial charge on any atom is 0.191 e. The summed E-state index contributed by atoms with van der Waals surface area (Å²) in [6, 6.07) is 0. The fraction of sp³-hybridized carbons (Fsp3) is 0.647. The molecule has 0 spiro atoms. The number of halogens is 1. The third-order valence-corrected chi connectivity index (χ3v) is 4.22. The zero-order valence-corrected chi connectivity index (χ0v) is 17.9. The molecule has 0 aromatic carbocycles. The number of hydrogen-bond donors (Lipinski definition) is 2. The van der Waals surface area contributed by atoms with E-state index in [1.54, 1.807) is 14.2 Å². The van der Waals surface area contributed by atoms with Gasteiger partial charge in [-0.1, -0.05) is 0 Å². The molecule has 1 aromatic rings. The van der Waals surface area contributed by atoms with Crippen LogP contribution < -0.4 is 15.4 Å². The number of methoxy groups -OCH3 is 1. The van der Waals surface area contributed by atoms with Gasteiger partial charge in [-0.25, -0.2) is 0 Å². The number of hydrogen-bond acceptors (Lipinski definition) is 5. The highest BCUT2D eigenvalue weighted by molar-refractivity contribution is 14.0. The van der Waals surface area contributed by atoms with Gasteiger partial charge in [0.25, 0.3) is 0 Å². The van der Waals surface area contributed by atoms with Gasteiger partial charge in [-0.15, -0.1) is 24.0 Å². The van der Waals surface area contributed by atoms with E-state index in [1.807, 2.05) is 20.0 Å². The van der Waals surface area contributed by atoms with Crippen molar-refractivity contribution >= 4 is 29.9 Å². The van der Waals surface area contributed by atoms with Gasteiger partial charge in [0.1, 0.15) is 5.75 Å². The van der Waals surface area contributed by atoms with Crippen molar-refractivity contribution in [3.05, 3.63) is 23.0 Å². The minimum Gasteiger partial charge on any atom is -0.496 e. The molecule has 2 heterocycles. The fourth-order valence-electron chi connectivity index (χ4n) is 2.79. The van der Waals surface area contributed by atoms with Crippen LogP contribution in [0.25, 0.3) is 0 Å². The molecule has 0 bridgehead atoms. The smallest absolute Gasteiger partial charge is 0.191 e. The predicted octanol–water partition coefficient (Wildman–Crippen LogP) is 1.32. The van der Waals surface area contributed by atoms with Gasteiger partial charge in [0, 0.05) is 50.6 Å². The zero-order chi connectivity index (χ0) is 17.4. The second-order valence-electron chi connectivity index (χ2n) is 5.85. The maximum absolute atomic E-state index is 5.45. The van der Waals surface area contributed by atoms with Gasteiger partial charge in [-0.05, 0) is 13.8 Å². The lowest BCUT2D eigenvalue weighted by Gasteiger charge is -2.26. The van der Waals surface area contributed by atoms with E-state index in [0.717, 1.165) is 67.9 Å². The molecule has 0 aliphatic carbocycles. The lowest BCUT2D eigenvalue weighted by molar-refractivity contribution is 0.0389. The van der Waals surface area contributed by atoms with E-state index in [4.69, 9.17) is 9.47 Å². The Hall–Kier alpha value is -1.13. The fourth-order valence-corrected chi connectivity index (χ4v) is 2.79. The van der Waals surface area contributed by atoms with E-state index in [1.165, 1.54) is 0 Å². The van der Waals surface area contributed by atoms with Crippen molar-refractivity contribution in [2.75, 3.05) is 53.6 Å². The van der Waals surface area contributed by atoms with Gasteiger partial charge < -0.3 is 20.1 Å². The SMILES string of the molecule is CN=C(NCCN1CCOCC1)NCc1ncc(C)c(OC)c1C.I. The maximum atomic E-state index is 5.45. The van der Waals surface area contributed by atoms with E-state index >= 15 is 0 Å². The zero-order valence-electron chi connectivity index (χ0n) is 15.6. The molecule has 7 nitrogen and oxygen atoms in total. The van der Waals surface area contributed by atoms with Crippen LogP contribution in [0.2, 0.25) is 0 Å². The Labute approximate surface area is 167 Å². The summed E-state index contributed by atoms with van der Waals surface area (Å²) in [5.74, 6) is 1.68. The Bertz CT molecular complexity index is 562. The van der Waals surface area contributed by atoms with Gasteiger partial charge in [0.2, 0.25) is 0 Å². The van der Waals surface area contributed by atoms with Crippen LogP contribution in [0.4, 0.5) is 0 Å². The molecule has 142 valence electrons. The Balaban J connectivity index is 0.00000312. The number of aryl methyl sites for hydroxylation is 1. The molecular weight excluding hydrogens is 433 g/mol. The molecule has 1 saturated heterocycles. The molecule has 1 aromatic heterocycles. The summed E-state index contributed by atoms with van der Waals surface area (Å²) >= 11 is 0. The number of ether oxygens (including phenoxy) is 2. The first-order valence-corrected chi connectivity index (χ1v) is 8.39. The summed E-state index contributed by atoms with van der Waals surface area (Å²) in [6.45, 7) is 10.1. The largest absolute Gasteiger partial charge is 0.496 e. The minimum absolute atomic E-state index is 0. The molecule has 0 atom stereocenters. The number of aromatic nitrogens is 1. The van der Waals surface area contributed by atoms with E-state index in [2.05, 4.69) is 25.5 Å². The van der Waals surface area contributed by atoms with E-state index in [0.29, 0.717) is 6.54 Å². The second kappa shape index (κ2) is 11.5. The molecule has 0 saturated carbocycles. The van der Waals surface area contributed by atoms with Crippen LogP contribution in [0.1, 0.15) is 16.8 Å². The van der Waals surface area contributed by atoms with E-state index in [9.17, 15) is 0 Å². The monoisotopic (exact) mass is 463 g/mol. The lowest BCUT2D eigenvalue weighted by Crippen LogP contribution is -2.44. The quantitative estimate of drug-likeness (QED) is 0.377. The number of guanidine groups is 1. The summed E-state index contributed by atoms with van der Waals surface area (Å²) in [6.07, 6.45) is 1.84. The number of aliphatic imine (C=N–C) groups is 1. The van der Waals surface area contributed by atoms with Gasteiger partial charge in [0.15, 0.2) is 5.96 Å². The third-order valence-electron chi connectivity index (χ3n) is 4.22. The number of rotatable bonds is 6. The Morgan fingerprint density at radius 2 is 2.04 bits per heavy atom. The molecule has 0 radical (unpaired) electrons. The molecule has 8 heteroatoms. The first kappa shape index (κ1) is 21.9. The summed E-state index contributed by atoms with van der Waals surface area (Å²) in [7, 11) is 3.47. The highest BCUT2D eigenvalue weighted by Crippen LogP contribution is 2.23. The van der Waals surface area contributed by atoms with Crippen molar-refractivity contribution < 1.29 is 9.47 Å². The lowest BCUT2D eigenvalue weighted by atomic mass is 10.1. The standard InChI is InChI=1S/C17H29N5O2.HI/c1-13-11-20-15(14(2)16(13)23-4)12-21-17(18-3)19-5-6-22-7-9-24-10-8-22;/h11H,5-10,12H2,1-4H3,(H2,18,19,21);1H. The van der Waals surface area contributed by atoms with Crippen molar-refractivity contribution in [1.82, 2.24) is 20.5 Å². The van der Waals surface area contributed by atoms with Crippen molar-refractivity contribution in [3.63, 3.8) is 0 Å². The second-order valence-corrected chi connectivity index (χ2v) is 5.85. The molecule has 0 amide bonds. The predicted molar refractivity (Wildman–Crippen MR) is 111 cm³/mol. The molecular formula is C17H30IN5O2. The highest BCUT2D eigenvalue weighted by Gasteiger charge is 2.11. The van der Waals surface area contributed by atoms with Crippen LogP contribution in [0.5, 0.6) is 5.75 Å². The minimum atomic E-state index is 0. The van der Waals surface area contributed by atoms with Crippen LogP contribution in [0.15, 0.2) is 11.2 Å². The van der Waals surface area contributed by atoms with Crippen molar-refractivity contribution in [1.29, 1.82) is 0 Å². The normalized spacial score (nSPS) is 15.4. The Morgan fingerprint density at radius 3 is 2.68 bits per heavy atom. The number of nitrogens with zero attached hydrogens (tertiary/aromatic N) is 3. The average molecular weight is 463 g/mol. The molecule has 2 N–H and O–H groups in total. The van der Waals surface area contributed by atoms with Crippen LogP contribution >= 0.6 is 24.0 Å². The number of pyridine rings is 1. The van der Waals surface area contributed by atoms with Crippen LogP contribution in [0, 0.1) is 13.8 Å². The molecule has 1 aliphatic heterocycles. The van der Waals surface area contributed by atoms with Crippen LogP contribution in [-0.2, 0) is 11.3 Å². The van der Waals surface area contributed by atoms with Crippen LogP contribution in [0.3, 0.4) is 0 Å². The van der Waals surface area contributed by atoms with Gasteiger partial charge >= 0.3 is 0 Å². The van der Waals surface area contributed by atoms with Gasteiger partial charge in [-0.3, -0.25) is 14.9 Å². The first-order chi connectivity index (χ1) is 11.7. The molecule has 1 aliphatic rings. The van der Waals surface area contributed by atoms with Crippen LogP contribution in [-0.4, -0.2) is 69.4 Å². The Morgan fingerprint density at radius 1 is 1.32 bits per heavy atom. The van der Waals surface area contributed by atoms with E-state index < -0.39 is 0 Å². The summed E-state index contributed by atoms with van der Waals surface area (Å²) in [4.78, 5) is 11.2. The van der Waals surface area contributed by atoms with Crippen molar-refractivity contribution in [2.24, 2.45) is 4.99 Å². The van der Waals surface area contributed by atoms with Crippen molar-refractivity contribution in [3.8, 4) is 5.75 Å². The topological polar surface area (TPSA) is 71.0 Å². The average Bonchev–Trinajstić information content (AvgIpc) is 2.60. The number of nitrogens with one attached hydrogen (secondary N) is 2.